The second-order valence-corrected chi connectivity index (χ2v) is 5.79. The summed E-state index contributed by atoms with van der Waals surface area (Å²) in [6.45, 7) is 4.07. The third-order valence-electron chi connectivity index (χ3n) is 3.67. The van der Waals surface area contributed by atoms with Crippen LogP contribution in [-0.2, 0) is 9.59 Å². The van der Waals surface area contributed by atoms with Gasteiger partial charge in [0.05, 0.1) is 0 Å². The summed E-state index contributed by atoms with van der Waals surface area (Å²) in [6, 6.07) is -1.47. The first kappa shape index (κ1) is 15.8. The van der Waals surface area contributed by atoms with Gasteiger partial charge in [0, 0.05) is 0 Å². The summed E-state index contributed by atoms with van der Waals surface area (Å²) >= 11 is 0. The summed E-state index contributed by atoms with van der Waals surface area (Å²) in [4.78, 5) is 21.9. The molecule has 1 aliphatic rings. The van der Waals surface area contributed by atoms with Crippen LogP contribution in [0.2, 0.25) is 0 Å². The molecular formula is C12H18F3NO3. The van der Waals surface area contributed by atoms with Gasteiger partial charge in [-0.15, -0.1) is 0 Å². The van der Waals surface area contributed by atoms with Gasteiger partial charge in [0.2, 0.25) is 0 Å². The predicted molar refractivity (Wildman–Crippen MR) is 61.4 cm³/mol. The second-order valence-electron chi connectivity index (χ2n) is 5.79. The summed E-state index contributed by atoms with van der Waals surface area (Å²) in [5.41, 5.74) is 0.0770. The third-order valence-corrected chi connectivity index (χ3v) is 3.67. The molecule has 1 fully saturated rings. The zero-order valence-electron chi connectivity index (χ0n) is 10.9. The largest absolute Gasteiger partial charge is 0.480 e. The maximum Gasteiger partial charge on any atom is 0.471 e. The number of hydrogen-bond acceptors (Lipinski definition) is 2. The molecule has 0 saturated heterocycles. The smallest absolute Gasteiger partial charge is 0.471 e. The van der Waals surface area contributed by atoms with E-state index in [1.807, 2.05) is 13.8 Å². The molecular weight excluding hydrogens is 263 g/mol. The van der Waals surface area contributed by atoms with E-state index in [-0.39, 0.29) is 5.41 Å². The number of alkyl halides is 3. The van der Waals surface area contributed by atoms with Gasteiger partial charge < -0.3 is 10.4 Å². The van der Waals surface area contributed by atoms with Crippen LogP contribution >= 0.6 is 0 Å². The first-order valence-corrected chi connectivity index (χ1v) is 6.13. The van der Waals surface area contributed by atoms with Crippen LogP contribution in [-0.4, -0.2) is 29.2 Å². The molecule has 1 saturated carbocycles. The molecule has 0 aromatic carbocycles. The number of nitrogens with one attached hydrogen (secondary N) is 1. The molecule has 1 amide bonds. The Kier molecular flexibility index (Phi) is 4.47. The Balaban J connectivity index is 2.70. The molecule has 19 heavy (non-hydrogen) atoms. The molecule has 7 heteroatoms. The van der Waals surface area contributed by atoms with Crippen molar-refractivity contribution in [1.82, 2.24) is 5.32 Å². The van der Waals surface area contributed by atoms with Gasteiger partial charge in [-0.2, -0.15) is 13.2 Å². The highest BCUT2D eigenvalue weighted by atomic mass is 19.4. The Morgan fingerprint density at radius 3 is 2.11 bits per heavy atom. The number of aliphatic carboxylic acids is 1. The van der Waals surface area contributed by atoms with E-state index in [1.165, 1.54) is 0 Å². The van der Waals surface area contributed by atoms with Crippen LogP contribution in [0.15, 0.2) is 0 Å². The molecule has 4 nitrogen and oxygen atoms in total. The summed E-state index contributed by atoms with van der Waals surface area (Å²) in [5.74, 6) is -4.05. The molecule has 0 radical (unpaired) electrons. The fourth-order valence-electron chi connectivity index (χ4n) is 2.36. The van der Waals surface area contributed by atoms with Gasteiger partial charge >= 0.3 is 18.1 Å². The molecule has 0 aromatic heterocycles. The van der Waals surface area contributed by atoms with Crippen molar-refractivity contribution in [2.45, 2.75) is 51.7 Å². The SMILES string of the molecule is CC1(C)CCC(C(NC(=O)C(F)(F)F)C(=O)O)CC1. The first-order valence-electron chi connectivity index (χ1n) is 6.13. The van der Waals surface area contributed by atoms with E-state index in [4.69, 9.17) is 5.11 Å². The van der Waals surface area contributed by atoms with E-state index in [0.29, 0.717) is 12.8 Å². The summed E-state index contributed by atoms with van der Waals surface area (Å²) in [6.07, 6.45) is -2.57. The quantitative estimate of drug-likeness (QED) is 0.834. The summed E-state index contributed by atoms with van der Waals surface area (Å²) in [5, 5.41) is 10.6. The van der Waals surface area contributed by atoms with Crippen molar-refractivity contribution in [1.29, 1.82) is 0 Å². The molecule has 0 heterocycles. The van der Waals surface area contributed by atoms with Gasteiger partial charge in [-0.3, -0.25) is 4.79 Å². The van der Waals surface area contributed by atoms with E-state index < -0.39 is 30.0 Å². The molecule has 2 N–H and O–H groups in total. The maximum absolute atomic E-state index is 12.2. The Labute approximate surface area is 109 Å². The molecule has 0 spiro atoms. The van der Waals surface area contributed by atoms with Gasteiger partial charge in [0.15, 0.2) is 0 Å². The van der Waals surface area contributed by atoms with Crippen LogP contribution in [0.3, 0.4) is 0 Å². The molecule has 1 atom stereocenters. The Morgan fingerprint density at radius 1 is 1.26 bits per heavy atom. The average molecular weight is 281 g/mol. The van der Waals surface area contributed by atoms with Crippen molar-refractivity contribution in [2.75, 3.05) is 0 Å². The number of halogens is 3. The van der Waals surface area contributed by atoms with E-state index in [2.05, 4.69) is 0 Å². The number of rotatable bonds is 3. The lowest BCUT2D eigenvalue weighted by molar-refractivity contribution is -0.176. The normalized spacial score (nSPS) is 21.7. The molecule has 1 rings (SSSR count). The topological polar surface area (TPSA) is 66.4 Å². The number of hydrogen-bond donors (Lipinski definition) is 2. The highest BCUT2D eigenvalue weighted by Gasteiger charge is 2.43. The minimum absolute atomic E-state index is 0.0770. The van der Waals surface area contributed by atoms with Gasteiger partial charge in [-0.05, 0) is 37.0 Å². The van der Waals surface area contributed by atoms with E-state index in [1.54, 1.807) is 5.32 Å². The standard InChI is InChI=1S/C12H18F3NO3/c1-11(2)5-3-7(4-6-11)8(9(17)18)16-10(19)12(13,14)15/h7-8H,3-6H2,1-2H3,(H,16,19)(H,17,18). The van der Waals surface area contributed by atoms with E-state index in [9.17, 15) is 22.8 Å². The van der Waals surface area contributed by atoms with Crippen molar-refractivity contribution in [3.05, 3.63) is 0 Å². The Morgan fingerprint density at radius 2 is 1.74 bits per heavy atom. The fraction of sp³-hybridized carbons (Fsp3) is 0.833. The number of carboxylic acids is 1. The van der Waals surface area contributed by atoms with Crippen molar-refractivity contribution >= 4 is 11.9 Å². The lowest BCUT2D eigenvalue weighted by Crippen LogP contribution is -2.51. The van der Waals surface area contributed by atoms with Crippen LogP contribution in [0.4, 0.5) is 13.2 Å². The molecule has 0 aliphatic heterocycles. The molecule has 110 valence electrons. The number of amides is 1. The van der Waals surface area contributed by atoms with Crippen molar-refractivity contribution in [3.8, 4) is 0 Å². The number of carbonyl (C=O) groups is 2. The lowest BCUT2D eigenvalue weighted by atomic mass is 9.71. The Hall–Kier alpha value is -1.27. The first-order chi connectivity index (χ1) is 8.53. The fourth-order valence-corrected chi connectivity index (χ4v) is 2.36. The molecule has 0 aromatic rings. The maximum atomic E-state index is 12.2. The molecule has 1 aliphatic carbocycles. The molecule has 0 bridgehead atoms. The minimum Gasteiger partial charge on any atom is -0.480 e. The number of carboxylic acid groups (broad SMARTS) is 1. The van der Waals surface area contributed by atoms with Gasteiger partial charge in [0.1, 0.15) is 6.04 Å². The summed E-state index contributed by atoms with van der Waals surface area (Å²) < 4.78 is 36.5. The highest BCUT2D eigenvalue weighted by Crippen LogP contribution is 2.39. The Bertz CT molecular complexity index is 356. The van der Waals surface area contributed by atoms with Crippen molar-refractivity contribution in [3.63, 3.8) is 0 Å². The third kappa shape index (κ3) is 4.40. The van der Waals surface area contributed by atoms with Crippen molar-refractivity contribution in [2.24, 2.45) is 11.3 Å². The van der Waals surface area contributed by atoms with E-state index in [0.717, 1.165) is 12.8 Å². The summed E-state index contributed by atoms with van der Waals surface area (Å²) in [7, 11) is 0. The van der Waals surface area contributed by atoms with Gasteiger partial charge in [-0.25, -0.2) is 4.79 Å². The van der Waals surface area contributed by atoms with Crippen molar-refractivity contribution < 1.29 is 27.9 Å². The highest BCUT2D eigenvalue weighted by molar-refractivity contribution is 5.87. The monoisotopic (exact) mass is 281 g/mol. The van der Waals surface area contributed by atoms with Gasteiger partial charge in [0.25, 0.3) is 0 Å². The predicted octanol–water partition coefficient (Wildman–Crippen LogP) is 2.33. The van der Waals surface area contributed by atoms with Crippen LogP contribution in [0.25, 0.3) is 0 Å². The second kappa shape index (κ2) is 5.38. The minimum atomic E-state index is -5.05. The van der Waals surface area contributed by atoms with E-state index >= 15 is 0 Å². The number of carbonyl (C=O) groups excluding carboxylic acids is 1. The zero-order chi connectivity index (χ0) is 14.8. The van der Waals surface area contributed by atoms with Crippen LogP contribution in [0.5, 0.6) is 0 Å². The zero-order valence-corrected chi connectivity index (χ0v) is 10.9. The van der Waals surface area contributed by atoms with Crippen LogP contribution in [0, 0.1) is 11.3 Å². The van der Waals surface area contributed by atoms with Crippen LogP contribution in [0.1, 0.15) is 39.5 Å². The van der Waals surface area contributed by atoms with Crippen LogP contribution < -0.4 is 5.32 Å². The molecule has 1 unspecified atom stereocenters. The lowest BCUT2D eigenvalue weighted by Gasteiger charge is -2.36. The average Bonchev–Trinajstić information content (AvgIpc) is 2.24. The van der Waals surface area contributed by atoms with Gasteiger partial charge in [-0.1, -0.05) is 13.8 Å².